The van der Waals surface area contributed by atoms with E-state index < -0.39 is 0 Å². The first-order valence-corrected chi connectivity index (χ1v) is 11.5. The van der Waals surface area contributed by atoms with Crippen LogP contribution < -0.4 is 21.3 Å². The standard InChI is InChI=1S/C24H31N7O3/c1-3-6-22(33)27-11-5-10-25-21-15-18(7-12-26-21)29-24-20(16-32)30-19(4-2)23(31-24)28-17-8-13-34-14-9-17/h7,12,15-17H,4-5,8-11,13-14H2,1-2H3,(H,27,33)(H3,25,26,28,29,31). The minimum absolute atomic E-state index is 0.256. The van der Waals surface area contributed by atoms with Crippen molar-refractivity contribution < 1.29 is 14.3 Å². The first-order chi connectivity index (χ1) is 16.6. The second kappa shape index (κ2) is 13.1. The minimum atomic E-state index is -0.279. The summed E-state index contributed by atoms with van der Waals surface area (Å²) in [7, 11) is 0. The number of nitrogens with zero attached hydrogens (tertiary/aromatic N) is 3. The van der Waals surface area contributed by atoms with Crippen molar-refractivity contribution >= 4 is 35.3 Å². The zero-order valence-corrected chi connectivity index (χ0v) is 19.6. The van der Waals surface area contributed by atoms with Crippen LogP contribution in [0.4, 0.5) is 23.1 Å². The number of anilines is 4. The van der Waals surface area contributed by atoms with Crippen molar-refractivity contribution in [1.82, 2.24) is 20.3 Å². The van der Waals surface area contributed by atoms with Gasteiger partial charge in [-0.2, -0.15) is 0 Å². The molecule has 0 atom stereocenters. The minimum Gasteiger partial charge on any atom is -0.381 e. The fourth-order valence-electron chi connectivity index (χ4n) is 3.46. The molecule has 0 saturated carbocycles. The van der Waals surface area contributed by atoms with Gasteiger partial charge in [0, 0.05) is 50.3 Å². The van der Waals surface area contributed by atoms with Gasteiger partial charge in [0.2, 0.25) is 0 Å². The molecule has 34 heavy (non-hydrogen) atoms. The molecular weight excluding hydrogens is 434 g/mol. The average Bonchev–Trinajstić information content (AvgIpc) is 2.85. The van der Waals surface area contributed by atoms with E-state index in [1.54, 1.807) is 19.2 Å². The summed E-state index contributed by atoms with van der Waals surface area (Å²) in [5.74, 6) is 6.46. The maximum absolute atomic E-state index is 11.7. The Morgan fingerprint density at radius 2 is 2.06 bits per heavy atom. The van der Waals surface area contributed by atoms with E-state index >= 15 is 0 Å². The molecule has 2 aromatic heterocycles. The van der Waals surface area contributed by atoms with Gasteiger partial charge in [0.1, 0.15) is 17.3 Å². The van der Waals surface area contributed by atoms with Crippen LogP contribution in [0, 0.1) is 11.8 Å². The molecule has 3 heterocycles. The van der Waals surface area contributed by atoms with Crippen molar-refractivity contribution in [3.05, 3.63) is 29.7 Å². The molecule has 0 bridgehead atoms. The highest BCUT2D eigenvalue weighted by Gasteiger charge is 2.18. The molecule has 1 fully saturated rings. The number of amides is 1. The smallest absolute Gasteiger partial charge is 0.295 e. The molecule has 0 aromatic carbocycles. The molecule has 1 aliphatic rings. The lowest BCUT2D eigenvalue weighted by molar-refractivity contribution is -0.115. The van der Waals surface area contributed by atoms with Gasteiger partial charge in [-0.15, -0.1) is 0 Å². The highest BCUT2D eigenvalue weighted by molar-refractivity contribution is 5.93. The van der Waals surface area contributed by atoms with E-state index in [9.17, 15) is 9.59 Å². The van der Waals surface area contributed by atoms with Gasteiger partial charge in [-0.1, -0.05) is 12.8 Å². The maximum atomic E-state index is 11.7. The molecule has 10 nitrogen and oxygen atoms in total. The first kappa shape index (κ1) is 24.9. The van der Waals surface area contributed by atoms with E-state index in [4.69, 9.17) is 9.72 Å². The topological polar surface area (TPSA) is 130 Å². The summed E-state index contributed by atoms with van der Waals surface area (Å²) in [6.45, 7) is 6.19. The highest BCUT2D eigenvalue weighted by Crippen LogP contribution is 2.24. The molecule has 1 saturated heterocycles. The third kappa shape index (κ3) is 7.42. The number of carbonyl (C=O) groups is 2. The molecule has 1 amide bonds. The monoisotopic (exact) mass is 465 g/mol. The van der Waals surface area contributed by atoms with E-state index in [2.05, 4.69) is 43.1 Å². The Morgan fingerprint density at radius 3 is 2.79 bits per heavy atom. The van der Waals surface area contributed by atoms with Crippen molar-refractivity contribution in [2.24, 2.45) is 0 Å². The molecule has 0 unspecified atom stereocenters. The summed E-state index contributed by atoms with van der Waals surface area (Å²) in [6.07, 6.45) is 5.56. The van der Waals surface area contributed by atoms with Crippen LogP contribution in [0.25, 0.3) is 0 Å². The average molecular weight is 466 g/mol. The Kier molecular flexibility index (Phi) is 9.61. The molecule has 180 valence electrons. The number of hydrogen-bond acceptors (Lipinski definition) is 9. The molecule has 0 aliphatic carbocycles. The normalized spacial score (nSPS) is 13.4. The number of aldehydes is 1. The third-order valence-electron chi connectivity index (χ3n) is 5.21. The number of aromatic nitrogens is 3. The number of hydrogen-bond donors (Lipinski definition) is 4. The molecule has 3 rings (SSSR count). The number of pyridine rings is 1. The zero-order chi connectivity index (χ0) is 24.2. The lowest BCUT2D eigenvalue weighted by Crippen LogP contribution is -2.29. The second-order valence-corrected chi connectivity index (χ2v) is 7.72. The highest BCUT2D eigenvalue weighted by atomic mass is 16.5. The van der Waals surface area contributed by atoms with Gasteiger partial charge in [0.25, 0.3) is 5.91 Å². The summed E-state index contributed by atoms with van der Waals surface area (Å²) in [5, 5.41) is 12.6. The van der Waals surface area contributed by atoms with Gasteiger partial charge in [0.05, 0.1) is 5.69 Å². The van der Waals surface area contributed by atoms with Crippen LogP contribution in [0.1, 0.15) is 49.3 Å². The van der Waals surface area contributed by atoms with Crippen LogP contribution in [-0.2, 0) is 16.0 Å². The van der Waals surface area contributed by atoms with Crippen LogP contribution >= 0.6 is 0 Å². The molecule has 2 aromatic rings. The van der Waals surface area contributed by atoms with E-state index in [0.717, 1.165) is 43.9 Å². The van der Waals surface area contributed by atoms with Crippen molar-refractivity contribution in [1.29, 1.82) is 0 Å². The van der Waals surface area contributed by atoms with Gasteiger partial charge in [-0.3, -0.25) is 9.59 Å². The summed E-state index contributed by atoms with van der Waals surface area (Å²) in [5.41, 5.74) is 1.74. The lowest BCUT2D eigenvalue weighted by atomic mass is 10.1. The van der Waals surface area contributed by atoms with Crippen molar-refractivity contribution in [3.63, 3.8) is 0 Å². The van der Waals surface area contributed by atoms with Crippen LogP contribution in [-0.4, -0.2) is 59.5 Å². The van der Waals surface area contributed by atoms with Crippen molar-refractivity contribution in [3.8, 4) is 11.8 Å². The first-order valence-electron chi connectivity index (χ1n) is 11.5. The SMILES string of the molecule is CC#CC(=O)NCCCNc1cc(Nc2nc(NC3CCOCC3)c(CC)nc2C=O)ccn1. The second-order valence-electron chi connectivity index (χ2n) is 7.72. The molecule has 1 aliphatic heterocycles. The third-order valence-corrected chi connectivity index (χ3v) is 5.21. The van der Waals surface area contributed by atoms with Gasteiger partial charge >= 0.3 is 0 Å². The summed E-state index contributed by atoms with van der Waals surface area (Å²) >= 11 is 0. The van der Waals surface area contributed by atoms with Gasteiger partial charge in [-0.05, 0) is 44.6 Å². The van der Waals surface area contributed by atoms with E-state index in [1.165, 1.54) is 0 Å². The van der Waals surface area contributed by atoms with Crippen LogP contribution in [0.5, 0.6) is 0 Å². The predicted octanol–water partition coefficient (Wildman–Crippen LogP) is 2.52. The Morgan fingerprint density at radius 1 is 1.24 bits per heavy atom. The van der Waals surface area contributed by atoms with Gasteiger partial charge < -0.3 is 26.0 Å². The fraction of sp³-hybridized carbons (Fsp3) is 0.458. The van der Waals surface area contributed by atoms with Crippen LogP contribution in [0.15, 0.2) is 18.3 Å². The number of nitrogens with one attached hydrogen (secondary N) is 4. The Labute approximate surface area is 199 Å². The number of ether oxygens (including phenoxy) is 1. The number of aryl methyl sites for hydroxylation is 1. The number of rotatable bonds is 11. The van der Waals surface area contributed by atoms with Gasteiger partial charge in [0.15, 0.2) is 12.1 Å². The number of carbonyl (C=O) groups excluding carboxylic acids is 2. The van der Waals surface area contributed by atoms with E-state index in [1.807, 2.05) is 13.0 Å². The summed E-state index contributed by atoms with van der Waals surface area (Å²) in [6, 6.07) is 3.89. The maximum Gasteiger partial charge on any atom is 0.295 e. The molecular formula is C24H31N7O3. The zero-order valence-electron chi connectivity index (χ0n) is 19.6. The quantitative estimate of drug-likeness (QED) is 0.225. The van der Waals surface area contributed by atoms with Crippen LogP contribution in [0.2, 0.25) is 0 Å². The van der Waals surface area contributed by atoms with Crippen molar-refractivity contribution in [2.75, 3.05) is 42.3 Å². The Hall–Kier alpha value is -3.71. The van der Waals surface area contributed by atoms with E-state index in [0.29, 0.717) is 43.3 Å². The Balaban J connectivity index is 1.65. The van der Waals surface area contributed by atoms with E-state index in [-0.39, 0.29) is 17.6 Å². The lowest BCUT2D eigenvalue weighted by Gasteiger charge is -2.25. The largest absolute Gasteiger partial charge is 0.381 e. The fourth-order valence-corrected chi connectivity index (χ4v) is 3.46. The Bertz CT molecular complexity index is 1040. The van der Waals surface area contributed by atoms with Crippen LogP contribution in [0.3, 0.4) is 0 Å². The molecule has 10 heteroatoms. The van der Waals surface area contributed by atoms with Crippen molar-refractivity contribution in [2.45, 2.75) is 45.6 Å². The summed E-state index contributed by atoms with van der Waals surface area (Å²) < 4.78 is 5.44. The summed E-state index contributed by atoms with van der Waals surface area (Å²) in [4.78, 5) is 36.6. The van der Waals surface area contributed by atoms with Gasteiger partial charge in [-0.25, -0.2) is 15.0 Å². The molecule has 0 radical (unpaired) electrons. The predicted molar refractivity (Wildman–Crippen MR) is 131 cm³/mol. The molecule has 4 N–H and O–H groups in total. The molecule has 0 spiro atoms.